The Bertz CT molecular complexity index is 1040. The highest BCUT2D eigenvalue weighted by Gasteiger charge is 2.42. The van der Waals surface area contributed by atoms with Crippen LogP contribution in [-0.4, -0.2) is 28.8 Å². The van der Waals surface area contributed by atoms with Crippen molar-refractivity contribution < 1.29 is 9.59 Å². The molecule has 4 rings (SSSR count). The van der Waals surface area contributed by atoms with E-state index in [9.17, 15) is 9.59 Å². The van der Waals surface area contributed by atoms with Crippen molar-refractivity contribution in [1.29, 1.82) is 0 Å². The van der Waals surface area contributed by atoms with Crippen LogP contribution in [0.25, 0.3) is 11.0 Å². The lowest BCUT2D eigenvalue weighted by Crippen LogP contribution is -2.33. The second-order valence-corrected chi connectivity index (χ2v) is 7.16. The molecule has 0 unspecified atom stereocenters. The molecular weight excluding hydrogens is 328 g/mol. The molecule has 2 heterocycles. The third-order valence-electron chi connectivity index (χ3n) is 5.07. The first-order chi connectivity index (χ1) is 12.4. The van der Waals surface area contributed by atoms with E-state index in [1.54, 1.807) is 30.4 Å². The Kier molecular flexibility index (Phi) is 3.57. The molecule has 1 aliphatic rings. The molecule has 2 aromatic carbocycles. The summed E-state index contributed by atoms with van der Waals surface area (Å²) in [6.07, 6.45) is 1.61. The number of imidazole rings is 1. The monoisotopic (exact) mass is 348 g/mol. The summed E-state index contributed by atoms with van der Waals surface area (Å²) in [4.78, 5) is 33.7. The van der Waals surface area contributed by atoms with Crippen molar-refractivity contribution in [2.75, 3.05) is 11.9 Å². The Hall–Kier alpha value is -3.15. The van der Waals surface area contributed by atoms with Crippen molar-refractivity contribution in [3.8, 4) is 0 Å². The number of aromatic amines is 1. The molecule has 0 bridgehead atoms. The van der Waals surface area contributed by atoms with Crippen molar-refractivity contribution in [3.63, 3.8) is 0 Å². The number of carbonyl (C=O) groups excluding carboxylic acids is 2. The summed E-state index contributed by atoms with van der Waals surface area (Å²) in [5, 5.41) is 2.94. The third kappa shape index (κ3) is 2.45. The lowest BCUT2D eigenvalue weighted by molar-refractivity contribution is -0.121. The fraction of sp³-hybridized carbons (Fsp3) is 0.250. The van der Waals surface area contributed by atoms with E-state index in [0.717, 1.165) is 27.8 Å². The highest BCUT2D eigenvalue weighted by Crippen LogP contribution is 2.41. The van der Waals surface area contributed by atoms with Gasteiger partial charge in [0.1, 0.15) is 0 Å². The van der Waals surface area contributed by atoms with Gasteiger partial charge in [0.05, 0.1) is 22.8 Å². The van der Waals surface area contributed by atoms with E-state index >= 15 is 0 Å². The number of fused-ring (bicyclic) bond motifs is 2. The predicted molar refractivity (Wildman–Crippen MR) is 100 cm³/mol. The van der Waals surface area contributed by atoms with Gasteiger partial charge in [-0.2, -0.15) is 0 Å². The highest BCUT2D eigenvalue weighted by molar-refractivity contribution is 6.07. The summed E-state index contributed by atoms with van der Waals surface area (Å²) in [5.74, 6) is -0.0593. The quantitative estimate of drug-likeness (QED) is 0.764. The summed E-state index contributed by atoms with van der Waals surface area (Å²) in [7, 11) is 1.79. The molecule has 2 amide bonds. The first-order valence-corrected chi connectivity index (χ1v) is 8.51. The molecule has 0 aliphatic carbocycles. The zero-order valence-corrected chi connectivity index (χ0v) is 15.0. The summed E-state index contributed by atoms with van der Waals surface area (Å²) in [6, 6.07) is 11.3. The number of amides is 2. The summed E-state index contributed by atoms with van der Waals surface area (Å²) < 4.78 is 0. The molecule has 0 saturated carbocycles. The summed E-state index contributed by atoms with van der Waals surface area (Å²) in [6.45, 7) is 4.26. The zero-order chi connectivity index (χ0) is 18.5. The van der Waals surface area contributed by atoms with Crippen LogP contribution in [0.2, 0.25) is 0 Å². The number of benzene rings is 2. The molecule has 132 valence electrons. The Morgan fingerprint density at radius 3 is 2.85 bits per heavy atom. The largest absolute Gasteiger partial charge is 0.348 e. The maximum atomic E-state index is 12.4. The minimum absolute atomic E-state index is 0.0848. The standard InChI is InChI=1S/C20H20N4O2/c1-20(2)14-8-12(4-7-17(14)24(3)19(20)26)10-21-18(25)13-5-6-15-16(9-13)23-11-22-15/h4-9,11H,10H2,1-3H3,(H,21,25)(H,22,23). The fourth-order valence-corrected chi connectivity index (χ4v) is 3.49. The van der Waals surface area contributed by atoms with Gasteiger partial charge in [0.25, 0.3) is 5.91 Å². The fourth-order valence-electron chi connectivity index (χ4n) is 3.49. The molecule has 1 aromatic heterocycles. The second kappa shape index (κ2) is 5.69. The number of carbonyl (C=O) groups is 2. The maximum absolute atomic E-state index is 12.4. The Balaban J connectivity index is 1.53. The van der Waals surface area contributed by atoms with Crippen LogP contribution in [0.3, 0.4) is 0 Å². The van der Waals surface area contributed by atoms with Crippen LogP contribution in [-0.2, 0) is 16.8 Å². The zero-order valence-electron chi connectivity index (χ0n) is 15.0. The number of anilines is 1. The molecule has 3 aromatic rings. The van der Waals surface area contributed by atoms with Gasteiger partial charge >= 0.3 is 0 Å². The first-order valence-electron chi connectivity index (χ1n) is 8.51. The molecule has 2 N–H and O–H groups in total. The maximum Gasteiger partial charge on any atom is 0.251 e. The lowest BCUT2D eigenvalue weighted by Gasteiger charge is -2.16. The van der Waals surface area contributed by atoms with Gasteiger partial charge in [-0.3, -0.25) is 9.59 Å². The van der Waals surface area contributed by atoms with Crippen LogP contribution in [0, 0.1) is 0 Å². The molecule has 6 nitrogen and oxygen atoms in total. The molecule has 0 fully saturated rings. The molecular formula is C20H20N4O2. The number of likely N-dealkylation sites (N-methyl/N-ethyl adjacent to an activating group) is 1. The number of hydrogen-bond acceptors (Lipinski definition) is 3. The van der Waals surface area contributed by atoms with Gasteiger partial charge in [-0.25, -0.2) is 4.98 Å². The molecule has 1 aliphatic heterocycles. The van der Waals surface area contributed by atoms with E-state index in [1.165, 1.54) is 0 Å². The molecule has 0 spiro atoms. The average molecular weight is 348 g/mol. The average Bonchev–Trinajstić information content (AvgIpc) is 3.17. The van der Waals surface area contributed by atoms with Crippen LogP contribution < -0.4 is 10.2 Å². The number of rotatable bonds is 3. The number of nitrogens with zero attached hydrogens (tertiary/aromatic N) is 2. The molecule has 6 heteroatoms. The van der Waals surface area contributed by atoms with Crippen LogP contribution in [0.15, 0.2) is 42.7 Å². The smallest absolute Gasteiger partial charge is 0.251 e. The number of aromatic nitrogens is 2. The first kappa shape index (κ1) is 16.3. The number of H-pyrrole nitrogens is 1. The summed E-state index contributed by atoms with van der Waals surface area (Å²) in [5.41, 5.74) is 4.59. The van der Waals surface area contributed by atoms with Crippen LogP contribution in [0.4, 0.5) is 5.69 Å². The van der Waals surface area contributed by atoms with Crippen molar-refractivity contribution >= 4 is 28.5 Å². The second-order valence-electron chi connectivity index (χ2n) is 7.16. The summed E-state index contributed by atoms with van der Waals surface area (Å²) >= 11 is 0. The number of nitrogens with one attached hydrogen (secondary N) is 2. The van der Waals surface area contributed by atoms with E-state index in [4.69, 9.17) is 0 Å². The van der Waals surface area contributed by atoms with Crippen molar-refractivity contribution in [2.45, 2.75) is 25.8 Å². The van der Waals surface area contributed by atoms with E-state index in [-0.39, 0.29) is 11.8 Å². The molecule has 0 atom stereocenters. The van der Waals surface area contributed by atoms with Crippen LogP contribution >= 0.6 is 0 Å². The van der Waals surface area contributed by atoms with Crippen molar-refractivity contribution in [2.24, 2.45) is 0 Å². The molecule has 0 radical (unpaired) electrons. The van der Waals surface area contributed by atoms with Gasteiger partial charge in [0.2, 0.25) is 5.91 Å². The van der Waals surface area contributed by atoms with Crippen LogP contribution in [0.1, 0.15) is 35.3 Å². The van der Waals surface area contributed by atoms with Gasteiger partial charge in [-0.15, -0.1) is 0 Å². The van der Waals surface area contributed by atoms with Gasteiger partial charge in [0, 0.05) is 24.8 Å². The molecule has 0 saturated heterocycles. The minimum atomic E-state index is -0.546. The normalized spacial score (nSPS) is 15.3. The topological polar surface area (TPSA) is 78.1 Å². The van der Waals surface area contributed by atoms with Gasteiger partial charge in [-0.1, -0.05) is 12.1 Å². The number of hydrogen-bond donors (Lipinski definition) is 2. The van der Waals surface area contributed by atoms with Crippen molar-refractivity contribution in [1.82, 2.24) is 15.3 Å². The highest BCUT2D eigenvalue weighted by atomic mass is 16.2. The Labute approximate surface area is 151 Å². The molecule has 26 heavy (non-hydrogen) atoms. The van der Waals surface area contributed by atoms with Gasteiger partial charge in [0.15, 0.2) is 0 Å². The van der Waals surface area contributed by atoms with Crippen molar-refractivity contribution in [3.05, 3.63) is 59.4 Å². The third-order valence-corrected chi connectivity index (χ3v) is 5.07. The Morgan fingerprint density at radius 1 is 1.23 bits per heavy atom. The van der Waals surface area contributed by atoms with E-state index in [0.29, 0.717) is 12.1 Å². The minimum Gasteiger partial charge on any atom is -0.348 e. The Morgan fingerprint density at radius 2 is 2.04 bits per heavy atom. The lowest BCUT2D eigenvalue weighted by atomic mass is 9.85. The van der Waals surface area contributed by atoms with Gasteiger partial charge < -0.3 is 15.2 Å². The predicted octanol–water partition coefficient (Wildman–Crippen LogP) is 2.75. The van der Waals surface area contributed by atoms with Crippen LogP contribution in [0.5, 0.6) is 0 Å². The van der Waals surface area contributed by atoms with Gasteiger partial charge in [-0.05, 0) is 49.2 Å². The van der Waals surface area contributed by atoms with E-state index in [2.05, 4.69) is 15.3 Å². The van der Waals surface area contributed by atoms with E-state index in [1.807, 2.05) is 38.1 Å². The SMILES string of the molecule is CN1C(=O)C(C)(C)c2cc(CNC(=O)c3ccc4nc[nH]c4c3)ccc21. The van der Waals surface area contributed by atoms with E-state index < -0.39 is 5.41 Å².